The van der Waals surface area contributed by atoms with E-state index in [1.54, 1.807) is 6.92 Å². The first kappa shape index (κ1) is 12.8. The summed E-state index contributed by atoms with van der Waals surface area (Å²) in [6, 6.07) is 7.81. The van der Waals surface area contributed by atoms with E-state index in [1.807, 2.05) is 24.3 Å². The zero-order chi connectivity index (χ0) is 12.0. The van der Waals surface area contributed by atoms with Crippen LogP contribution < -0.4 is 10.1 Å². The molecule has 0 saturated heterocycles. The molecule has 0 spiro atoms. The number of benzene rings is 1. The topological polar surface area (TPSA) is 41.5 Å². The predicted molar refractivity (Wildman–Crippen MR) is 67.0 cm³/mol. The van der Waals surface area contributed by atoms with Crippen molar-refractivity contribution in [2.75, 3.05) is 11.9 Å². The third kappa shape index (κ3) is 4.53. The van der Waals surface area contributed by atoms with Gasteiger partial charge in [0.15, 0.2) is 0 Å². The normalized spacial score (nSPS) is 14.2. The summed E-state index contributed by atoms with van der Waals surface area (Å²) in [7, 11) is 0. The van der Waals surface area contributed by atoms with Crippen molar-refractivity contribution in [1.82, 2.24) is 0 Å². The molecule has 0 aliphatic rings. The van der Waals surface area contributed by atoms with Gasteiger partial charge in [0, 0.05) is 18.3 Å². The van der Waals surface area contributed by atoms with Gasteiger partial charge < -0.3 is 15.2 Å². The Morgan fingerprint density at radius 3 is 2.75 bits per heavy atom. The highest BCUT2D eigenvalue weighted by atomic mass is 16.5. The molecule has 0 aromatic heterocycles. The van der Waals surface area contributed by atoms with E-state index >= 15 is 0 Å². The first-order chi connectivity index (χ1) is 7.61. The molecule has 0 bridgehead atoms. The smallest absolute Gasteiger partial charge is 0.121 e. The molecule has 2 N–H and O–H groups in total. The van der Waals surface area contributed by atoms with Gasteiger partial charge >= 0.3 is 0 Å². The summed E-state index contributed by atoms with van der Waals surface area (Å²) in [6.45, 7) is 6.45. The third-order valence-corrected chi connectivity index (χ3v) is 2.35. The van der Waals surface area contributed by atoms with Crippen LogP contribution in [0.5, 0.6) is 5.75 Å². The van der Waals surface area contributed by atoms with Crippen LogP contribution in [0, 0.1) is 0 Å². The van der Waals surface area contributed by atoms with Crippen molar-refractivity contribution in [3.8, 4) is 5.75 Å². The summed E-state index contributed by atoms with van der Waals surface area (Å²) < 4.78 is 5.71. The summed E-state index contributed by atoms with van der Waals surface area (Å²) in [4.78, 5) is 0. The minimum atomic E-state index is -0.348. The highest BCUT2D eigenvalue weighted by molar-refractivity contribution is 5.48. The minimum Gasteiger partial charge on any atom is -0.491 e. The van der Waals surface area contributed by atoms with Gasteiger partial charge in [0.1, 0.15) is 5.75 Å². The first-order valence-electron chi connectivity index (χ1n) is 5.80. The van der Waals surface area contributed by atoms with Crippen molar-refractivity contribution in [3.63, 3.8) is 0 Å². The van der Waals surface area contributed by atoms with Gasteiger partial charge in [-0.15, -0.1) is 0 Å². The van der Waals surface area contributed by atoms with Gasteiger partial charge in [-0.05, 0) is 32.4 Å². The van der Waals surface area contributed by atoms with Gasteiger partial charge in [0.25, 0.3) is 0 Å². The zero-order valence-electron chi connectivity index (χ0n) is 10.2. The average molecular weight is 223 g/mol. The molecule has 0 fully saturated rings. The standard InChI is InChI=1S/C13H21NO2/c1-4-11(3)16-13-7-5-6-12(8-13)14-9-10(2)15/h5-8,10-11,14-15H,4,9H2,1-3H3/t10-,11?/m0/s1. The van der Waals surface area contributed by atoms with Crippen LogP contribution >= 0.6 is 0 Å². The molecule has 0 saturated carbocycles. The molecule has 0 aliphatic carbocycles. The lowest BCUT2D eigenvalue weighted by atomic mass is 10.2. The van der Waals surface area contributed by atoms with Crippen LogP contribution in [0.4, 0.5) is 5.69 Å². The molecule has 0 radical (unpaired) electrons. The number of anilines is 1. The SMILES string of the molecule is CCC(C)Oc1cccc(NC[C@H](C)O)c1. The maximum atomic E-state index is 9.17. The first-order valence-corrected chi connectivity index (χ1v) is 5.80. The molecular formula is C13H21NO2. The lowest BCUT2D eigenvalue weighted by Crippen LogP contribution is -2.15. The molecule has 1 rings (SSSR count). The van der Waals surface area contributed by atoms with Crippen molar-refractivity contribution >= 4 is 5.69 Å². The monoisotopic (exact) mass is 223 g/mol. The Labute approximate surface area is 97.4 Å². The molecule has 16 heavy (non-hydrogen) atoms. The summed E-state index contributed by atoms with van der Waals surface area (Å²) in [5, 5.41) is 12.3. The van der Waals surface area contributed by atoms with Gasteiger partial charge in [0.2, 0.25) is 0 Å². The number of hydrogen-bond acceptors (Lipinski definition) is 3. The fourth-order valence-corrected chi connectivity index (χ4v) is 1.26. The van der Waals surface area contributed by atoms with E-state index in [2.05, 4.69) is 19.2 Å². The van der Waals surface area contributed by atoms with E-state index in [4.69, 9.17) is 4.74 Å². The fourth-order valence-electron chi connectivity index (χ4n) is 1.26. The zero-order valence-corrected chi connectivity index (χ0v) is 10.2. The number of aliphatic hydroxyl groups is 1. The van der Waals surface area contributed by atoms with Crippen molar-refractivity contribution in [3.05, 3.63) is 24.3 Å². The van der Waals surface area contributed by atoms with Crippen molar-refractivity contribution in [2.24, 2.45) is 0 Å². The van der Waals surface area contributed by atoms with Crippen LogP contribution in [0.25, 0.3) is 0 Å². The molecule has 0 heterocycles. The third-order valence-electron chi connectivity index (χ3n) is 2.35. The second-order valence-corrected chi connectivity index (χ2v) is 4.09. The molecule has 1 aromatic rings. The van der Waals surface area contributed by atoms with Crippen LogP contribution in [0.15, 0.2) is 24.3 Å². The van der Waals surface area contributed by atoms with Gasteiger partial charge in [-0.3, -0.25) is 0 Å². The van der Waals surface area contributed by atoms with E-state index in [1.165, 1.54) is 0 Å². The number of aliphatic hydroxyl groups excluding tert-OH is 1. The number of rotatable bonds is 6. The van der Waals surface area contributed by atoms with Crippen LogP contribution in [-0.4, -0.2) is 23.9 Å². The van der Waals surface area contributed by atoms with E-state index in [0.717, 1.165) is 17.9 Å². The van der Waals surface area contributed by atoms with Crippen LogP contribution in [-0.2, 0) is 0 Å². The van der Waals surface area contributed by atoms with Gasteiger partial charge in [-0.2, -0.15) is 0 Å². The summed E-state index contributed by atoms with van der Waals surface area (Å²) in [5.41, 5.74) is 0.974. The molecule has 0 amide bonds. The van der Waals surface area contributed by atoms with E-state index < -0.39 is 0 Å². The largest absolute Gasteiger partial charge is 0.491 e. The minimum absolute atomic E-state index is 0.229. The molecule has 3 nitrogen and oxygen atoms in total. The molecule has 1 aromatic carbocycles. The lowest BCUT2D eigenvalue weighted by molar-refractivity contribution is 0.208. The average Bonchev–Trinajstić information content (AvgIpc) is 2.26. The summed E-state index contributed by atoms with van der Waals surface area (Å²) in [6.07, 6.45) is 0.872. The van der Waals surface area contributed by atoms with Crippen LogP contribution in [0.1, 0.15) is 27.2 Å². The van der Waals surface area contributed by atoms with E-state index in [9.17, 15) is 5.11 Å². The number of nitrogens with one attached hydrogen (secondary N) is 1. The van der Waals surface area contributed by atoms with Crippen molar-refractivity contribution in [2.45, 2.75) is 39.4 Å². The molecule has 0 aliphatic heterocycles. The second-order valence-electron chi connectivity index (χ2n) is 4.09. The Morgan fingerprint density at radius 1 is 1.38 bits per heavy atom. The highest BCUT2D eigenvalue weighted by Crippen LogP contribution is 2.19. The predicted octanol–water partition coefficient (Wildman–Crippen LogP) is 2.66. The van der Waals surface area contributed by atoms with Crippen LogP contribution in [0.2, 0.25) is 0 Å². The molecule has 90 valence electrons. The Morgan fingerprint density at radius 2 is 2.12 bits per heavy atom. The summed E-state index contributed by atoms with van der Waals surface area (Å²) in [5.74, 6) is 0.866. The Hall–Kier alpha value is -1.22. The second kappa shape index (κ2) is 6.38. The highest BCUT2D eigenvalue weighted by Gasteiger charge is 2.02. The van der Waals surface area contributed by atoms with Gasteiger partial charge in [-0.1, -0.05) is 13.0 Å². The summed E-state index contributed by atoms with van der Waals surface area (Å²) >= 11 is 0. The quantitative estimate of drug-likeness (QED) is 0.779. The number of hydrogen-bond donors (Lipinski definition) is 2. The maximum absolute atomic E-state index is 9.17. The molecule has 2 atom stereocenters. The van der Waals surface area contributed by atoms with E-state index in [0.29, 0.717) is 6.54 Å². The van der Waals surface area contributed by atoms with Crippen molar-refractivity contribution in [1.29, 1.82) is 0 Å². The lowest BCUT2D eigenvalue weighted by Gasteiger charge is -2.14. The molecule has 3 heteroatoms. The van der Waals surface area contributed by atoms with Gasteiger partial charge in [0.05, 0.1) is 12.2 Å². The Bertz CT molecular complexity index is 313. The van der Waals surface area contributed by atoms with E-state index in [-0.39, 0.29) is 12.2 Å². The maximum Gasteiger partial charge on any atom is 0.121 e. The Balaban J connectivity index is 2.56. The molecule has 1 unspecified atom stereocenters. The van der Waals surface area contributed by atoms with Crippen molar-refractivity contribution < 1.29 is 9.84 Å². The Kier molecular flexibility index (Phi) is 5.12. The van der Waals surface area contributed by atoms with Gasteiger partial charge in [-0.25, -0.2) is 0 Å². The molecular weight excluding hydrogens is 202 g/mol. The number of ether oxygens (including phenoxy) is 1. The van der Waals surface area contributed by atoms with Crippen LogP contribution in [0.3, 0.4) is 0 Å². The fraction of sp³-hybridized carbons (Fsp3) is 0.538.